The molecule has 2 N–H and O–H groups in total. The summed E-state index contributed by atoms with van der Waals surface area (Å²) in [5.74, 6) is 0.679. The van der Waals surface area contributed by atoms with Crippen LogP contribution >= 0.6 is 0 Å². The lowest BCUT2D eigenvalue weighted by Crippen LogP contribution is -2.28. The van der Waals surface area contributed by atoms with Crippen LogP contribution in [0.3, 0.4) is 0 Å². The lowest BCUT2D eigenvalue weighted by Gasteiger charge is -2.10. The minimum absolute atomic E-state index is 0.0403. The molecular formula is C15H24N2O3S. The van der Waals surface area contributed by atoms with Gasteiger partial charge in [-0.2, -0.15) is 0 Å². The van der Waals surface area contributed by atoms with Gasteiger partial charge in [-0.25, -0.2) is 13.1 Å². The summed E-state index contributed by atoms with van der Waals surface area (Å²) in [7, 11) is -3.43. The number of benzene rings is 1. The van der Waals surface area contributed by atoms with Crippen molar-refractivity contribution in [2.45, 2.75) is 38.1 Å². The van der Waals surface area contributed by atoms with Crippen LogP contribution in [0.2, 0.25) is 0 Å². The Morgan fingerprint density at radius 1 is 1.29 bits per heavy atom. The fourth-order valence-electron chi connectivity index (χ4n) is 2.06. The summed E-state index contributed by atoms with van der Waals surface area (Å²) in [6, 6.07) is 6.59. The van der Waals surface area contributed by atoms with Crippen LogP contribution in [-0.4, -0.2) is 34.2 Å². The van der Waals surface area contributed by atoms with Crippen LogP contribution in [0.25, 0.3) is 0 Å². The minimum Gasteiger partial charge on any atom is -0.492 e. The minimum atomic E-state index is -3.43. The molecule has 1 aromatic carbocycles. The fraction of sp³-hybridized carbons (Fsp3) is 0.600. The number of hydrogen-bond donors (Lipinski definition) is 2. The molecule has 1 saturated carbocycles. The normalized spacial score (nSPS) is 20.2. The molecule has 21 heavy (non-hydrogen) atoms. The lowest BCUT2D eigenvalue weighted by molar-refractivity contribution is 0.315. The van der Waals surface area contributed by atoms with Crippen LogP contribution in [0.1, 0.15) is 27.2 Å². The Bertz CT molecular complexity index is 567. The van der Waals surface area contributed by atoms with E-state index in [9.17, 15) is 8.42 Å². The molecule has 0 spiro atoms. The summed E-state index contributed by atoms with van der Waals surface area (Å²) in [5, 5.41) is 3.16. The number of rotatable bonds is 8. The van der Waals surface area contributed by atoms with Crippen molar-refractivity contribution in [1.82, 2.24) is 10.0 Å². The monoisotopic (exact) mass is 312 g/mol. The first-order chi connectivity index (χ1) is 9.85. The number of hydrogen-bond acceptors (Lipinski definition) is 4. The first-order valence-corrected chi connectivity index (χ1v) is 8.79. The Morgan fingerprint density at radius 2 is 1.90 bits per heavy atom. The highest BCUT2D eigenvalue weighted by molar-refractivity contribution is 7.89. The van der Waals surface area contributed by atoms with Gasteiger partial charge in [0.15, 0.2) is 0 Å². The van der Waals surface area contributed by atoms with Crippen LogP contribution in [0.15, 0.2) is 29.2 Å². The molecule has 0 amide bonds. The maximum Gasteiger partial charge on any atom is 0.240 e. The molecule has 6 heteroatoms. The third-order valence-electron chi connectivity index (χ3n) is 3.74. The van der Waals surface area contributed by atoms with Crippen LogP contribution in [0, 0.1) is 5.41 Å². The van der Waals surface area contributed by atoms with Crippen molar-refractivity contribution in [2.24, 2.45) is 5.41 Å². The standard InChI is InChI=1S/C15H24N2O3S/c1-4-16-9-10-20-12-5-7-13(8-6-12)21(18,19)17-14-11-15(14,2)3/h5-8,14,16-17H,4,9-11H2,1-3H3. The van der Waals surface area contributed by atoms with E-state index in [4.69, 9.17) is 4.74 Å². The van der Waals surface area contributed by atoms with Crippen LogP contribution in [-0.2, 0) is 10.0 Å². The van der Waals surface area contributed by atoms with Crippen molar-refractivity contribution in [1.29, 1.82) is 0 Å². The predicted octanol–water partition coefficient (Wildman–Crippen LogP) is 1.75. The Labute approximate surface area is 127 Å². The van der Waals surface area contributed by atoms with Crippen molar-refractivity contribution in [3.8, 4) is 5.75 Å². The number of ether oxygens (including phenoxy) is 1. The molecule has 1 atom stereocenters. The van der Waals surface area contributed by atoms with Crippen molar-refractivity contribution in [3.05, 3.63) is 24.3 Å². The predicted molar refractivity (Wildman–Crippen MR) is 83.0 cm³/mol. The smallest absolute Gasteiger partial charge is 0.240 e. The Balaban J connectivity index is 1.92. The SMILES string of the molecule is CCNCCOc1ccc(S(=O)(=O)NC2CC2(C)C)cc1. The van der Waals surface area contributed by atoms with Crippen molar-refractivity contribution in [2.75, 3.05) is 19.7 Å². The summed E-state index contributed by atoms with van der Waals surface area (Å²) in [5.41, 5.74) is 0.0718. The average Bonchev–Trinajstić information content (AvgIpc) is 3.01. The molecule has 118 valence electrons. The summed E-state index contributed by atoms with van der Waals surface area (Å²) in [6.45, 7) is 8.39. The van der Waals surface area contributed by atoms with Gasteiger partial charge in [0.2, 0.25) is 10.0 Å². The largest absolute Gasteiger partial charge is 0.492 e. The van der Waals surface area contributed by atoms with E-state index in [2.05, 4.69) is 23.9 Å². The third kappa shape index (κ3) is 4.43. The van der Waals surface area contributed by atoms with Gasteiger partial charge in [-0.15, -0.1) is 0 Å². The van der Waals surface area contributed by atoms with E-state index in [0.29, 0.717) is 12.4 Å². The molecule has 2 rings (SSSR count). The Morgan fingerprint density at radius 3 is 2.43 bits per heavy atom. The second-order valence-corrected chi connectivity index (χ2v) is 7.75. The molecule has 0 radical (unpaired) electrons. The highest BCUT2D eigenvalue weighted by Crippen LogP contribution is 2.45. The van der Waals surface area contributed by atoms with E-state index in [1.54, 1.807) is 24.3 Å². The first kappa shape index (κ1) is 16.3. The molecule has 0 saturated heterocycles. The molecule has 0 aliphatic heterocycles. The van der Waals surface area contributed by atoms with Gasteiger partial charge >= 0.3 is 0 Å². The van der Waals surface area contributed by atoms with E-state index in [0.717, 1.165) is 19.5 Å². The highest BCUT2D eigenvalue weighted by atomic mass is 32.2. The second kappa shape index (κ2) is 6.34. The molecule has 5 nitrogen and oxygen atoms in total. The van der Waals surface area contributed by atoms with E-state index >= 15 is 0 Å². The van der Waals surface area contributed by atoms with Crippen molar-refractivity contribution >= 4 is 10.0 Å². The molecule has 1 fully saturated rings. The summed E-state index contributed by atoms with van der Waals surface area (Å²) in [6.07, 6.45) is 0.887. The van der Waals surface area contributed by atoms with Gasteiger partial charge in [0.05, 0.1) is 4.90 Å². The Hall–Kier alpha value is -1.11. The number of nitrogens with one attached hydrogen (secondary N) is 2. The zero-order valence-corrected chi connectivity index (χ0v) is 13.7. The molecule has 1 aromatic rings. The van der Waals surface area contributed by atoms with Crippen LogP contribution in [0.4, 0.5) is 0 Å². The van der Waals surface area contributed by atoms with Gasteiger partial charge in [0.1, 0.15) is 12.4 Å². The maximum atomic E-state index is 12.2. The van der Waals surface area contributed by atoms with E-state index in [1.165, 1.54) is 0 Å². The quantitative estimate of drug-likeness (QED) is 0.718. The zero-order chi connectivity index (χ0) is 15.5. The number of sulfonamides is 1. The van der Waals surface area contributed by atoms with E-state index in [-0.39, 0.29) is 16.4 Å². The number of likely N-dealkylation sites (N-methyl/N-ethyl adjacent to an activating group) is 1. The summed E-state index contributed by atoms with van der Waals surface area (Å²) >= 11 is 0. The molecule has 0 bridgehead atoms. The molecule has 0 heterocycles. The Kier molecular flexibility index (Phi) is 4.91. The van der Waals surface area contributed by atoms with Crippen LogP contribution < -0.4 is 14.8 Å². The van der Waals surface area contributed by atoms with Crippen LogP contribution in [0.5, 0.6) is 5.75 Å². The lowest BCUT2D eigenvalue weighted by atomic mass is 10.2. The third-order valence-corrected chi connectivity index (χ3v) is 5.23. The van der Waals surface area contributed by atoms with E-state index < -0.39 is 10.0 Å². The van der Waals surface area contributed by atoms with E-state index in [1.807, 2.05) is 6.92 Å². The van der Waals surface area contributed by atoms with Crippen molar-refractivity contribution in [3.63, 3.8) is 0 Å². The van der Waals surface area contributed by atoms with Gasteiger partial charge in [0.25, 0.3) is 0 Å². The molecule has 0 aromatic heterocycles. The van der Waals surface area contributed by atoms with Gasteiger partial charge in [0, 0.05) is 12.6 Å². The van der Waals surface area contributed by atoms with Crippen molar-refractivity contribution < 1.29 is 13.2 Å². The first-order valence-electron chi connectivity index (χ1n) is 7.31. The van der Waals surface area contributed by atoms with Gasteiger partial charge in [-0.05, 0) is 42.6 Å². The molecule has 1 unspecified atom stereocenters. The molecular weight excluding hydrogens is 288 g/mol. The molecule has 1 aliphatic rings. The summed E-state index contributed by atoms with van der Waals surface area (Å²) < 4.78 is 32.7. The van der Waals surface area contributed by atoms with Gasteiger partial charge < -0.3 is 10.1 Å². The zero-order valence-electron chi connectivity index (χ0n) is 12.8. The van der Waals surface area contributed by atoms with Gasteiger partial charge in [-0.3, -0.25) is 0 Å². The average molecular weight is 312 g/mol. The van der Waals surface area contributed by atoms with Gasteiger partial charge in [-0.1, -0.05) is 20.8 Å². The maximum absolute atomic E-state index is 12.2. The highest BCUT2D eigenvalue weighted by Gasteiger charge is 2.47. The fourth-order valence-corrected chi connectivity index (χ4v) is 3.46. The summed E-state index contributed by atoms with van der Waals surface area (Å²) in [4.78, 5) is 0.282. The molecule has 1 aliphatic carbocycles. The topological polar surface area (TPSA) is 67.4 Å². The second-order valence-electron chi connectivity index (χ2n) is 6.04.